The van der Waals surface area contributed by atoms with E-state index in [1.807, 2.05) is 38.1 Å². The summed E-state index contributed by atoms with van der Waals surface area (Å²) in [6.07, 6.45) is 5.67. The van der Waals surface area contributed by atoms with Crippen LogP contribution in [0.4, 0.5) is 0 Å². The molecule has 0 heterocycles. The van der Waals surface area contributed by atoms with Gasteiger partial charge < -0.3 is 14.2 Å². The highest BCUT2D eigenvalue weighted by molar-refractivity contribution is 5.91. The zero-order valence-corrected chi connectivity index (χ0v) is 17.3. The number of carbonyl (C=O) groups excluding carboxylic acids is 1. The Labute approximate surface area is 168 Å². The molecule has 1 unspecified atom stereocenters. The van der Waals surface area contributed by atoms with E-state index in [4.69, 9.17) is 14.2 Å². The van der Waals surface area contributed by atoms with Crippen molar-refractivity contribution in [2.75, 3.05) is 13.2 Å². The SMILES string of the molecule is CCCCCCOC(C)c1ccc(C(=O)Oc2ccccc2OCCC)cc1. The minimum Gasteiger partial charge on any atom is -0.490 e. The van der Waals surface area contributed by atoms with Crippen LogP contribution in [0.3, 0.4) is 0 Å². The van der Waals surface area contributed by atoms with E-state index in [0.717, 1.165) is 25.0 Å². The molecule has 0 aliphatic heterocycles. The van der Waals surface area contributed by atoms with Gasteiger partial charge in [-0.05, 0) is 49.6 Å². The quantitative estimate of drug-likeness (QED) is 0.243. The standard InChI is InChI=1S/C24H32O4/c1-4-6-7-10-18-26-19(3)20-13-15-21(16-14-20)24(25)28-23-12-9-8-11-22(23)27-17-5-2/h8-9,11-16,19H,4-7,10,17-18H2,1-3H3. The lowest BCUT2D eigenvalue weighted by molar-refractivity contribution is 0.0626. The maximum Gasteiger partial charge on any atom is 0.343 e. The summed E-state index contributed by atoms with van der Waals surface area (Å²) in [7, 11) is 0. The number of rotatable bonds is 12. The lowest BCUT2D eigenvalue weighted by Gasteiger charge is -2.14. The van der Waals surface area contributed by atoms with E-state index in [1.165, 1.54) is 19.3 Å². The van der Waals surface area contributed by atoms with Crippen LogP contribution in [0.1, 0.15) is 74.9 Å². The molecule has 0 bridgehead atoms. The second-order valence-electron chi connectivity index (χ2n) is 6.88. The minimum absolute atomic E-state index is 0.00914. The van der Waals surface area contributed by atoms with Gasteiger partial charge in [-0.15, -0.1) is 0 Å². The van der Waals surface area contributed by atoms with Crippen molar-refractivity contribution < 1.29 is 19.0 Å². The first-order valence-electron chi connectivity index (χ1n) is 10.3. The number of unbranched alkanes of at least 4 members (excludes halogenated alkanes) is 3. The molecule has 0 aliphatic carbocycles. The van der Waals surface area contributed by atoms with Gasteiger partial charge in [0.1, 0.15) is 0 Å². The Morgan fingerprint density at radius 2 is 1.57 bits per heavy atom. The maximum absolute atomic E-state index is 12.5. The van der Waals surface area contributed by atoms with Gasteiger partial charge in [-0.1, -0.05) is 57.4 Å². The van der Waals surface area contributed by atoms with E-state index in [2.05, 4.69) is 6.92 Å². The Balaban J connectivity index is 1.91. The van der Waals surface area contributed by atoms with Gasteiger partial charge in [0, 0.05) is 6.61 Å². The molecule has 0 amide bonds. The molecule has 2 aromatic rings. The highest BCUT2D eigenvalue weighted by Crippen LogP contribution is 2.27. The molecule has 4 heteroatoms. The van der Waals surface area contributed by atoms with Crippen molar-refractivity contribution in [1.82, 2.24) is 0 Å². The molecule has 0 spiro atoms. The molecule has 0 aliphatic rings. The Kier molecular flexibility index (Phi) is 9.56. The Bertz CT molecular complexity index is 709. The lowest BCUT2D eigenvalue weighted by atomic mass is 10.1. The normalized spacial score (nSPS) is 11.8. The van der Waals surface area contributed by atoms with Crippen molar-refractivity contribution in [2.24, 2.45) is 0 Å². The van der Waals surface area contributed by atoms with E-state index >= 15 is 0 Å². The average molecular weight is 385 g/mol. The van der Waals surface area contributed by atoms with Crippen LogP contribution in [0.5, 0.6) is 11.5 Å². The van der Waals surface area contributed by atoms with Crippen LogP contribution in [-0.4, -0.2) is 19.2 Å². The smallest absolute Gasteiger partial charge is 0.343 e. The summed E-state index contributed by atoms with van der Waals surface area (Å²) in [5.74, 6) is 0.625. The summed E-state index contributed by atoms with van der Waals surface area (Å²) in [5, 5.41) is 0. The molecule has 0 radical (unpaired) electrons. The molecule has 28 heavy (non-hydrogen) atoms. The molecule has 1 atom stereocenters. The molecule has 0 aromatic heterocycles. The Hall–Kier alpha value is -2.33. The predicted molar refractivity (Wildman–Crippen MR) is 112 cm³/mol. The van der Waals surface area contributed by atoms with Crippen LogP contribution in [0, 0.1) is 0 Å². The van der Waals surface area contributed by atoms with Crippen LogP contribution in [0.25, 0.3) is 0 Å². The summed E-state index contributed by atoms with van der Waals surface area (Å²) in [5.41, 5.74) is 1.56. The predicted octanol–water partition coefficient (Wildman–Crippen LogP) is 6.35. The number of esters is 1. The molecular formula is C24H32O4. The Morgan fingerprint density at radius 1 is 0.857 bits per heavy atom. The third-order valence-electron chi connectivity index (χ3n) is 4.50. The second-order valence-corrected chi connectivity index (χ2v) is 6.88. The fourth-order valence-corrected chi connectivity index (χ4v) is 2.80. The van der Waals surface area contributed by atoms with Gasteiger partial charge in [-0.3, -0.25) is 0 Å². The summed E-state index contributed by atoms with van der Waals surface area (Å²) in [4.78, 5) is 12.5. The number of ether oxygens (including phenoxy) is 3. The molecule has 2 rings (SSSR count). The van der Waals surface area contributed by atoms with E-state index in [9.17, 15) is 4.79 Å². The van der Waals surface area contributed by atoms with Gasteiger partial charge in [-0.2, -0.15) is 0 Å². The molecule has 0 fully saturated rings. The van der Waals surface area contributed by atoms with Crippen molar-refractivity contribution in [3.63, 3.8) is 0 Å². The first kappa shape index (κ1) is 22.0. The molecular weight excluding hydrogens is 352 g/mol. The van der Waals surface area contributed by atoms with Crippen molar-refractivity contribution >= 4 is 5.97 Å². The largest absolute Gasteiger partial charge is 0.490 e. The van der Waals surface area contributed by atoms with Gasteiger partial charge in [0.2, 0.25) is 0 Å². The number of hydrogen-bond donors (Lipinski definition) is 0. The van der Waals surface area contributed by atoms with Crippen molar-refractivity contribution in [1.29, 1.82) is 0 Å². The maximum atomic E-state index is 12.5. The molecule has 0 saturated heterocycles. The van der Waals surface area contributed by atoms with Gasteiger partial charge in [0.05, 0.1) is 18.3 Å². The van der Waals surface area contributed by atoms with Crippen molar-refractivity contribution in [3.8, 4) is 11.5 Å². The number of benzene rings is 2. The first-order chi connectivity index (χ1) is 13.7. The van der Waals surface area contributed by atoms with Gasteiger partial charge >= 0.3 is 5.97 Å². The van der Waals surface area contributed by atoms with E-state index in [1.54, 1.807) is 24.3 Å². The van der Waals surface area contributed by atoms with E-state index in [-0.39, 0.29) is 6.10 Å². The van der Waals surface area contributed by atoms with Gasteiger partial charge in [0.25, 0.3) is 0 Å². The third kappa shape index (κ3) is 7.01. The minimum atomic E-state index is -0.396. The van der Waals surface area contributed by atoms with E-state index < -0.39 is 5.97 Å². The third-order valence-corrected chi connectivity index (χ3v) is 4.50. The number of hydrogen-bond acceptors (Lipinski definition) is 4. The summed E-state index contributed by atoms with van der Waals surface area (Å²) < 4.78 is 17.1. The number of para-hydroxylation sites is 2. The fourth-order valence-electron chi connectivity index (χ4n) is 2.80. The highest BCUT2D eigenvalue weighted by atomic mass is 16.6. The monoisotopic (exact) mass is 384 g/mol. The number of carbonyl (C=O) groups is 1. The van der Waals surface area contributed by atoms with Gasteiger partial charge in [0.15, 0.2) is 11.5 Å². The van der Waals surface area contributed by atoms with E-state index in [0.29, 0.717) is 23.7 Å². The van der Waals surface area contributed by atoms with Crippen LogP contribution in [0.2, 0.25) is 0 Å². The van der Waals surface area contributed by atoms with Crippen LogP contribution < -0.4 is 9.47 Å². The van der Waals surface area contributed by atoms with Crippen LogP contribution in [-0.2, 0) is 4.74 Å². The lowest BCUT2D eigenvalue weighted by Crippen LogP contribution is -2.10. The van der Waals surface area contributed by atoms with Crippen molar-refractivity contribution in [2.45, 2.75) is 59.0 Å². The summed E-state index contributed by atoms with van der Waals surface area (Å²) in [6, 6.07) is 14.6. The van der Waals surface area contributed by atoms with Gasteiger partial charge in [-0.25, -0.2) is 4.79 Å². The van der Waals surface area contributed by atoms with Crippen LogP contribution >= 0.6 is 0 Å². The Morgan fingerprint density at radius 3 is 2.25 bits per heavy atom. The van der Waals surface area contributed by atoms with Crippen molar-refractivity contribution in [3.05, 3.63) is 59.7 Å². The second kappa shape index (κ2) is 12.2. The van der Waals surface area contributed by atoms with Crippen LogP contribution in [0.15, 0.2) is 48.5 Å². The molecule has 0 N–H and O–H groups in total. The summed E-state index contributed by atoms with van der Waals surface area (Å²) in [6.45, 7) is 7.62. The molecule has 2 aromatic carbocycles. The molecule has 0 saturated carbocycles. The highest BCUT2D eigenvalue weighted by Gasteiger charge is 2.13. The fraction of sp³-hybridized carbons (Fsp3) is 0.458. The summed E-state index contributed by atoms with van der Waals surface area (Å²) >= 11 is 0. The first-order valence-corrected chi connectivity index (χ1v) is 10.3. The zero-order valence-electron chi connectivity index (χ0n) is 17.3. The average Bonchev–Trinajstić information content (AvgIpc) is 2.73. The topological polar surface area (TPSA) is 44.8 Å². The molecule has 4 nitrogen and oxygen atoms in total. The zero-order chi connectivity index (χ0) is 20.2. The molecule has 152 valence electrons.